The van der Waals surface area contributed by atoms with E-state index in [-0.39, 0.29) is 11.9 Å². The van der Waals surface area contributed by atoms with Crippen LogP contribution in [0.25, 0.3) is 0 Å². The number of ether oxygens (including phenoxy) is 1. The van der Waals surface area contributed by atoms with Crippen molar-refractivity contribution in [2.24, 2.45) is 5.92 Å². The fourth-order valence-electron chi connectivity index (χ4n) is 2.45. The van der Waals surface area contributed by atoms with E-state index in [0.29, 0.717) is 11.3 Å². The maximum absolute atomic E-state index is 11.4. The van der Waals surface area contributed by atoms with E-state index in [1.165, 1.54) is 19.8 Å². The number of nitrogens with two attached hydrogens (primary N) is 1. The molecule has 0 saturated heterocycles. The maximum Gasteiger partial charge on any atom is 0.162 e. The Labute approximate surface area is 108 Å². The molecule has 1 aromatic rings. The molecule has 0 amide bonds. The normalized spacial score (nSPS) is 23.7. The topological polar surface area (TPSA) is 52.3 Å². The molecule has 1 saturated carbocycles. The van der Waals surface area contributed by atoms with Crippen LogP contribution in [0, 0.1) is 5.92 Å². The Kier molecular flexibility index (Phi) is 3.90. The van der Waals surface area contributed by atoms with Crippen LogP contribution < -0.4 is 10.5 Å². The Bertz CT molecular complexity index is 434. The van der Waals surface area contributed by atoms with Crippen molar-refractivity contribution in [1.29, 1.82) is 0 Å². The molecule has 0 bridgehead atoms. The van der Waals surface area contributed by atoms with E-state index >= 15 is 0 Å². The minimum absolute atomic E-state index is 0.0183. The lowest BCUT2D eigenvalue weighted by Crippen LogP contribution is -2.23. The molecular formula is C15H21NO2. The van der Waals surface area contributed by atoms with Gasteiger partial charge in [0.1, 0.15) is 5.75 Å². The van der Waals surface area contributed by atoms with Crippen molar-refractivity contribution < 1.29 is 9.53 Å². The SMILES string of the molecule is CC(=O)c1cc(OC2CCC(C)CC2)ccc1N. The van der Waals surface area contributed by atoms with E-state index in [2.05, 4.69) is 6.92 Å². The predicted octanol–water partition coefficient (Wildman–Crippen LogP) is 3.43. The molecule has 2 N–H and O–H groups in total. The van der Waals surface area contributed by atoms with Crippen molar-refractivity contribution in [1.82, 2.24) is 0 Å². The maximum atomic E-state index is 11.4. The lowest BCUT2D eigenvalue weighted by Gasteiger charge is -2.27. The second kappa shape index (κ2) is 5.42. The van der Waals surface area contributed by atoms with Gasteiger partial charge in [-0.3, -0.25) is 4.79 Å². The highest BCUT2D eigenvalue weighted by atomic mass is 16.5. The summed E-state index contributed by atoms with van der Waals surface area (Å²) in [5.74, 6) is 1.55. The lowest BCUT2D eigenvalue weighted by atomic mass is 9.89. The Morgan fingerprint density at radius 2 is 1.94 bits per heavy atom. The molecule has 0 spiro atoms. The molecule has 0 aliphatic heterocycles. The van der Waals surface area contributed by atoms with Gasteiger partial charge in [0.25, 0.3) is 0 Å². The first-order valence-electron chi connectivity index (χ1n) is 6.63. The quantitative estimate of drug-likeness (QED) is 0.657. The fourth-order valence-corrected chi connectivity index (χ4v) is 2.45. The first kappa shape index (κ1) is 12.9. The third-order valence-corrected chi connectivity index (χ3v) is 3.67. The molecule has 1 aliphatic rings. The predicted molar refractivity (Wildman–Crippen MR) is 72.9 cm³/mol. The molecule has 2 rings (SSSR count). The molecule has 3 nitrogen and oxygen atoms in total. The number of carbonyl (C=O) groups is 1. The summed E-state index contributed by atoms with van der Waals surface area (Å²) in [7, 11) is 0. The smallest absolute Gasteiger partial charge is 0.162 e. The molecule has 98 valence electrons. The number of benzene rings is 1. The van der Waals surface area contributed by atoms with Gasteiger partial charge in [-0.25, -0.2) is 0 Å². The zero-order valence-corrected chi connectivity index (χ0v) is 11.1. The summed E-state index contributed by atoms with van der Waals surface area (Å²) in [6.45, 7) is 3.81. The average Bonchev–Trinajstić information content (AvgIpc) is 2.34. The molecule has 0 unspecified atom stereocenters. The summed E-state index contributed by atoms with van der Waals surface area (Å²) in [5, 5.41) is 0. The van der Waals surface area contributed by atoms with E-state index in [1.54, 1.807) is 12.1 Å². The zero-order chi connectivity index (χ0) is 13.1. The molecule has 1 fully saturated rings. The van der Waals surface area contributed by atoms with E-state index in [4.69, 9.17) is 10.5 Å². The molecule has 3 heteroatoms. The van der Waals surface area contributed by atoms with Crippen LogP contribution in [0.3, 0.4) is 0 Å². The van der Waals surface area contributed by atoms with Crippen molar-refractivity contribution >= 4 is 11.5 Å². The van der Waals surface area contributed by atoms with Crippen molar-refractivity contribution in [3.8, 4) is 5.75 Å². The number of nitrogen functional groups attached to an aromatic ring is 1. The third-order valence-electron chi connectivity index (χ3n) is 3.67. The van der Waals surface area contributed by atoms with Crippen LogP contribution in [0.4, 0.5) is 5.69 Å². The van der Waals surface area contributed by atoms with Crippen LogP contribution in [0.2, 0.25) is 0 Å². The second-order valence-corrected chi connectivity index (χ2v) is 5.30. The van der Waals surface area contributed by atoms with Gasteiger partial charge in [0.15, 0.2) is 5.78 Å². The summed E-state index contributed by atoms with van der Waals surface area (Å²) in [6, 6.07) is 5.35. The van der Waals surface area contributed by atoms with Crippen LogP contribution in [-0.4, -0.2) is 11.9 Å². The van der Waals surface area contributed by atoms with Crippen LogP contribution in [0.5, 0.6) is 5.75 Å². The molecule has 1 aromatic carbocycles. The highest BCUT2D eigenvalue weighted by Crippen LogP contribution is 2.28. The first-order valence-corrected chi connectivity index (χ1v) is 6.63. The number of hydrogen-bond acceptors (Lipinski definition) is 3. The Hall–Kier alpha value is -1.51. The van der Waals surface area contributed by atoms with Gasteiger partial charge in [-0.15, -0.1) is 0 Å². The number of carbonyl (C=O) groups excluding carboxylic acids is 1. The Balaban J connectivity index is 2.05. The highest BCUT2D eigenvalue weighted by molar-refractivity contribution is 5.99. The summed E-state index contributed by atoms with van der Waals surface area (Å²) in [5.41, 5.74) is 6.84. The molecular weight excluding hydrogens is 226 g/mol. The molecule has 0 aromatic heterocycles. The lowest BCUT2D eigenvalue weighted by molar-refractivity contribution is 0.101. The molecule has 18 heavy (non-hydrogen) atoms. The summed E-state index contributed by atoms with van der Waals surface area (Å²) < 4.78 is 5.94. The summed E-state index contributed by atoms with van der Waals surface area (Å²) >= 11 is 0. The van der Waals surface area contributed by atoms with Crippen LogP contribution >= 0.6 is 0 Å². The van der Waals surface area contributed by atoms with Gasteiger partial charge >= 0.3 is 0 Å². The number of hydrogen-bond donors (Lipinski definition) is 1. The van der Waals surface area contributed by atoms with Gasteiger partial charge in [0.2, 0.25) is 0 Å². The average molecular weight is 247 g/mol. The molecule has 0 atom stereocenters. The van der Waals surface area contributed by atoms with Gasteiger partial charge in [-0.1, -0.05) is 6.92 Å². The van der Waals surface area contributed by atoms with Crippen molar-refractivity contribution in [2.45, 2.75) is 45.6 Å². The van der Waals surface area contributed by atoms with Crippen molar-refractivity contribution in [3.05, 3.63) is 23.8 Å². The van der Waals surface area contributed by atoms with Gasteiger partial charge in [-0.05, 0) is 56.7 Å². The van der Waals surface area contributed by atoms with Crippen LogP contribution in [0.1, 0.15) is 49.9 Å². The Morgan fingerprint density at radius 1 is 1.28 bits per heavy atom. The van der Waals surface area contributed by atoms with Crippen molar-refractivity contribution in [2.75, 3.05) is 5.73 Å². The molecule has 0 radical (unpaired) electrons. The zero-order valence-electron chi connectivity index (χ0n) is 11.1. The van der Waals surface area contributed by atoms with Gasteiger partial charge in [0, 0.05) is 11.3 Å². The molecule has 0 heterocycles. The minimum Gasteiger partial charge on any atom is -0.490 e. The summed E-state index contributed by atoms with van der Waals surface area (Å²) in [4.78, 5) is 11.4. The van der Waals surface area contributed by atoms with Crippen LogP contribution in [-0.2, 0) is 0 Å². The number of ketones is 1. The first-order chi connectivity index (χ1) is 8.56. The highest BCUT2D eigenvalue weighted by Gasteiger charge is 2.19. The molecule has 1 aliphatic carbocycles. The van der Waals surface area contributed by atoms with Crippen LogP contribution in [0.15, 0.2) is 18.2 Å². The minimum atomic E-state index is -0.0183. The third kappa shape index (κ3) is 3.03. The van der Waals surface area contributed by atoms with E-state index in [0.717, 1.165) is 24.5 Å². The fraction of sp³-hybridized carbons (Fsp3) is 0.533. The van der Waals surface area contributed by atoms with Gasteiger partial charge < -0.3 is 10.5 Å². The van der Waals surface area contributed by atoms with Gasteiger partial charge in [0.05, 0.1) is 6.10 Å². The van der Waals surface area contributed by atoms with E-state index in [1.807, 2.05) is 6.07 Å². The van der Waals surface area contributed by atoms with Crippen molar-refractivity contribution in [3.63, 3.8) is 0 Å². The largest absolute Gasteiger partial charge is 0.490 e. The summed E-state index contributed by atoms with van der Waals surface area (Å²) in [6.07, 6.45) is 4.92. The van der Waals surface area contributed by atoms with E-state index in [9.17, 15) is 4.79 Å². The monoisotopic (exact) mass is 247 g/mol. The number of anilines is 1. The number of rotatable bonds is 3. The number of Topliss-reactive ketones (excluding diaryl/α,β-unsaturated/α-hetero) is 1. The van der Waals surface area contributed by atoms with Gasteiger partial charge in [-0.2, -0.15) is 0 Å². The van der Waals surface area contributed by atoms with E-state index < -0.39 is 0 Å². The second-order valence-electron chi connectivity index (χ2n) is 5.30. The standard InChI is InChI=1S/C15H21NO2/c1-10-3-5-12(6-4-10)18-13-7-8-15(16)14(9-13)11(2)17/h7-10,12H,3-6,16H2,1-2H3. The Morgan fingerprint density at radius 3 is 2.56 bits per heavy atom.